The van der Waals surface area contributed by atoms with Gasteiger partial charge in [-0.15, -0.1) is 0 Å². The molecule has 0 atom stereocenters. The van der Waals surface area contributed by atoms with Crippen LogP contribution < -0.4 is 15.4 Å². The monoisotopic (exact) mass is 389 g/mol. The molecule has 1 aromatic heterocycles. The summed E-state index contributed by atoms with van der Waals surface area (Å²) in [5, 5.41) is 5.55. The average molecular weight is 389 g/mol. The highest BCUT2D eigenvalue weighted by Crippen LogP contribution is 2.17. The predicted octanol–water partition coefficient (Wildman–Crippen LogP) is 4.30. The molecule has 2 N–H and O–H groups in total. The number of benzene rings is 2. The van der Waals surface area contributed by atoms with Crippen LogP contribution in [0.25, 0.3) is 0 Å². The van der Waals surface area contributed by atoms with Gasteiger partial charge in [0.2, 0.25) is 0 Å². The van der Waals surface area contributed by atoms with Crippen LogP contribution in [0, 0.1) is 0 Å². The lowest BCUT2D eigenvalue weighted by Crippen LogP contribution is -2.20. The van der Waals surface area contributed by atoms with Crippen LogP contribution >= 0.6 is 0 Å². The predicted molar refractivity (Wildman–Crippen MR) is 113 cm³/mol. The average Bonchev–Trinajstić information content (AvgIpc) is 2.74. The van der Waals surface area contributed by atoms with Crippen molar-refractivity contribution in [2.45, 2.75) is 19.8 Å². The third-order valence-electron chi connectivity index (χ3n) is 4.16. The maximum absolute atomic E-state index is 12.2. The highest BCUT2D eigenvalue weighted by molar-refractivity contribution is 6.04. The molecule has 0 fully saturated rings. The van der Waals surface area contributed by atoms with E-state index in [0.29, 0.717) is 22.7 Å². The lowest BCUT2D eigenvalue weighted by molar-refractivity contribution is -0.118. The quantitative estimate of drug-likeness (QED) is 0.602. The number of ether oxygens (including phenoxy) is 1. The number of rotatable bonds is 8. The molecule has 3 rings (SSSR count). The van der Waals surface area contributed by atoms with E-state index in [9.17, 15) is 9.59 Å². The standard InChI is InChI=1S/C23H23N3O3/c1-2-5-17-9-11-21(12-10-17)29-16-22(27)25-19-7-3-8-20(14-19)26-23(28)18-6-4-13-24-15-18/h3-4,6-15H,2,5,16H2,1H3,(H,25,27)(H,26,28). The van der Waals surface area contributed by atoms with Gasteiger partial charge in [0, 0.05) is 23.8 Å². The summed E-state index contributed by atoms with van der Waals surface area (Å²) in [5.41, 5.74) is 2.85. The second kappa shape index (κ2) is 10.0. The Morgan fingerprint density at radius 2 is 1.72 bits per heavy atom. The SMILES string of the molecule is CCCc1ccc(OCC(=O)Nc2cccc(NC(=O)c3cccnc3)c2)cc1. The van der Waals surface area contributed by atoms with Crippen molar-refractivity contribution in [3.05, 3.63) is 84.2 Å². The van der Waals surface area contributed by atoms with Gasteiger partial charge < -0.3 is 15.4 Å². The van der Waals surface area contributed by atoms with Gasteiger partial charge in [-0.2, -0.15) is 0 Å². The lowest BCUT2D eigenvalue weighted by Gasteiger charge is -2.10. The highest BCUT2D eigenvalue weighted by atomic mass is 16.5. The molecule has 2 amide bonds. The molecule has 148 valence electrons. The maximum atomic E-state index is 12.2. The Kier molecular flexibility index (Phi) is 6.95. The first-order valence-electron chi connectivity index (χ1n) is 9.47. The van der Waals surface area contributed by atoms with Gasteiger partial charge in [0.05, 0.1) is 5.56 Å². The molecule has 0 unspecified atom stereocenters. The van der Waals surface area contributed by atoms with E-state index < -0.39 is 0 Å². The van der Waals surface area contributed by atoms with Gasteiger partial charge in [0.25, 0.3) is 11.8 Å². The number of nitrogens with zero attached hydrogens (tertiary/aromatic N) is 1. The van der Waals surface area contributed by atoms with Crippen LogP contribution in [-0.2, 0) is 11.2 Å². The van der Waals surface area contributed by atoms with Crippen LogP contribution in [-0.4, -0.2) is 23.4 Å². The Balaban J connectivity index is 1.52. The smallest absolute Gasteiger partial charge is 0.262 e. The van der Waals surface area contributed by atoms with E-state index in [4.69, 9.17) is 4.74 Å². The number of anilines is 2. The second-order valence-corrected chi connectivity index (χ2v) is 6.51. The van der Waals surface area contributed by atoms with Crippen molar-refractivity contribution in [2.75, 3.05) is 17.2 Å². The van der Waals surface area contributed by atoms with Crippen molar-refractivity contribution < 1.29 is 14.3 Å². The minimum Gasteiger partial charge on any atom is -0.484 e. The van der Waals surface area contributed by atoms with Gasteiger partial charge in [0.1, 0.15) is 5.75 Å². The molecule has 0 saturated carbocycles. The molecule has 1 heterocycles. The minimum absolute atomic E-state index is 0.0978. The van der Waals surface area contributed by atoms with E-state index in [1.54, 1.807) is 42.6 Å². The molecule has 0 radical (unpaired) electrons. The van der Waals surface area contributed by atoms with Crippen LogP contribution in [0.3, 0.4) is 0 Å². The van der Waals surface area contributed by atoms with Crippen LogP contribution in [0.5, 0.6) is 5.75 Å². The summed E-state index contributed by atoms with van der Waals surface area (Å²) in [7, 11) is 0. The van der Waals surface area contributed by atoms with Crippen molar-refractivity contribution in [3.63, 3.8) is 0 Å². The maximum Gasteiger partial charge on any atom is 0.262 e. The van der Waals surface area contributed by atoms with Crippen molar-refractivity contribution in [1.29, 1.82) is 0 Å². The molecular weight excluding hydrogens is 366 g/mol. The van der Waals surface area contributed by atoms with Crippen molar-refractivity contribution in [2.24, 2.45) is 0 Å². The van der Waals surface area contributed by atoms with E-state index in [-0.39, 0.29) is 18.4 Å². The molecule has 3 aromatic rings. The summed E-state index contributed by atoms with van der Waals surface area (Å²) in [5.74, 6) is 0.104. The van der Waals surface area contributed by atoms with Gasteiger partial charge in [-0.05, 0) is 54.4 Å². The van der Waals surface area contributed by atoms with Crippen molar-refractivity contribution in [3.8, 4) is 5.75 Å². The van der Waals surface area contributed by atoms with Gasteiger partial charge in [-0.1, -0.05) is 31.5 Å². The molecule has 0 aliphatic heterocycles. The highest BCUT2D eigenvalue weighted by Gasteiger charge is 2.08. The topological polar surface area (TPSA) is 80.3 Å². The number of carbonyl (C=O) groups is 2. The molecule has 0 aliphatic rings. The second-order valence-electron chi connectivity index (χ2n) is 6.51. The fourth-order valence-electron chi connectivity index (χ4n) is 2.76. The van der Waals surface area contributed by atoms with Crippen LogP contribution in [0.4, 0.5) is 11.4 Å². The first-order chi connectivity index (χ1) is 14.1. The number of hydrogen-bond acceptors (Lipinski definition) is 4. The Bertz CT molecular complexity index is 957. The van der Waals surface area contributed by atoms with Gasteiger partial charge in [-0.25, -0.2) is 0 Å². The molecule has 0 saturated heterocycles. The van der Waals surface area contributed by atoms with Gasteiger partial charge in [-0.3, -0.25) is 14.6 Å². The number of amides is 2. The molecular formula is C23H23N3O3. The summed E-state index contributed by atoms with van der Waals surface area (Å²) in [6.45, 7) is 2.04. The Morgan fingerprint density at radius 3 is 2.41 bits per heavy atom. The number of aryl methyl sites for hydroxylation is 1. The number of carbonyl (C=O) groups excluding carboxylic acids is 2. The van der Waals surface area contributed by atoms with Gasteiger partial charge in [0.15, 0.2) is 6.61 Å². The fourth-order valence-corrected chi connectivity index (χ4v) is 2.76. The molecule has 6 heteroatoms. The first-order valence-corrected chi connectivity index (χ1v) is 9.47. The van der Waals surface area contributed by atoms with Crippen LogP contribution in [0.1, 0.15) is 29.3 Å². The minimum atomic E-state index is -0.279. The van der Waals surface area contributed by atoms with Crippen LogP contribution in [0.2, 0.25) is 0 Å². The fraction of sp³-hybridized carbons (Fsp3) is 0.174. The Hall–Kier alpha value is -3.67. The first kappa shape index (κ1) is 20.1. The van der Waals surface area contributed by atoms with E-state index >= 15 is 0 Å². The largest absolute Gasteiger partial charge is 0.484 e. The molecule has 2 aromatic carbocycles. The molecule has 6 nitrogen and oxygen atoms in total. The number of nitrogens with one attached hydrogen (secondary N) is 2. The summed E-state index contributed by atoms with van der Waals surface area (Å²) >= 11 is 0. The van der Waals surface area contributed by atoms with Crippen molar-refractivity contribution in [1.82, 2.24) is 4.98 Å². The molecule has 0 bridgehead atoms. The van der Waals surface area contributed by atoms with E-state index in [2.05, 4.69) is 22.5 Å². The molecule has 0 aliphatic carbocycles. The van der Waals surface area contributed by atoms with Gasteiger partial charge >= 0.3 is 0 Å². The number of pyridine rings is 1. The molecule has 0 spiro atoms. The third kappa shape index (κ3) is 6.17. The summed E-state index contributed by atoms with van der Waals surface area (Å²) in [6, 6.07) is 18.1. The zero-order valence-electron chi connectivity index (χ0n) is 16.2. The Morgan fingerprint density at radius 1 is 0.966 bits per heavy atom. The van der Waals surface area contributed by atoms with E-state index in [1.807, 2.05) is 24.3 Å². The summed E-state index contributed by atoms with van der Waals surface area (Å²) < 4.78 is 5.54. The third-order valence-corrected chi connectivity index (χ3v) is 4.16. The lowest BCUT2D eigenvalue weighted by atomic mass is 10.1. The van der Waals surface area contributed by atoms with Crippen LogP contribution in [0.15, 0.2) is 73.1 Å². The normalized spacial score (nSPS) is 10.2. The summed E-state index contributed by atoms with van der Waals surface area (Å²) in [6.07, 6.45) is 5.21. The zero-order chi connectivity index (χ0) is 20.5. The van der Waals surface area contributed by atoms with E-state index in [0.717, 1.165) is 12.8 Å². The zero-order valence-corrected chi connectivity index (χ0v) is 16.2. The van der Waals surface area contributed by atoms with E-state index in [1.165, 1.54) is 11.8 Å². The number of aromatic nitrogens is 1. The molecule has 29 heavy (non-hydrogen) atoms. The summed E-state index contributed by atoms with van der Waals surface area (Å²) in [4.78, 5) is 28.3. The van der Waals surface area contributed by atoms with Crippen molar-refractivity contribution >= 4 is 23.2 Å². The Labute approximate surface area is 169 Å². The number of hydrogen-bond donors (Lipinski definition) is 2.